The molecule has 1 aliphatic heterocycles. The molecule has 0 spiro atoms. The Balaban J connectivity index is 1.48. The molecule has 0 N–H and O–H groups in total. The van der Waals surface area contributed by atoms with Gasteiger partial charge in [-0.05, 0) is 56.5 Å². The van der Waals surface area contributed by atoms with Crippen LogP contribution in [0.1, 0.15) is 54.9 Å². The van der Waals surface area contributed by atoms with E-state index in [1.807, 2.05) is 80.2 Å². The zero-order chi connectivity index (χ0) is 27.6. The van der Waals surface area contributed by atoms with Crippen molar-refractivity contribution in [2.75, 3.05) is 11.4 Å². The Morgan fingerprint density at radius 2 is 1.79 bits per heavy atom. The summed E-state index contributed by atoms with van der Waals surface area (Å²) in [7, 11) is 0. The van der Waals surface area contributed by atoms with E-state index in [9.17, 15) is 9.59 Å². The molecule has 0 bridgehead atoms. The van der Waals surface area contributed by atoms with Gasteiger partial charge in [0, 0.05) is 42.9 Å². The minimum absolute atomic E-state index is 0.237. The molecule has 5 rings (SSSR count). The van der Waals surface area contributed by atoms with Gasteiger partial charge in [0.25, 0.3) is 0 Å². The van der Waals surface area contributed by atoms with Gasteiger partial charge >= 0.3 is 11.9 Å². The van der Waals surface area contributed by atoms with Crippen molar-refractivity contribution in [3.8, 4) is 16.9 Å². The number of hydrogen-bond donors (Lipinski definition) is 0. The van der Waals surface area contributed by atoms with Crippen LogP contribution in [0.25, 0.3) is 11.1 Å². The summed E-state index contributed by atoms with van der Waals surface area (Å²) >= 11 is 0. The lowest BCUT2D eigenvalue weighted by Crippen LogP contribution is -2.32. The normalized spacial score (nSPS) is 13.1. The van der Waals surface area contributed by atoms with E-state index in [-0.39, 0.29) is 11.7 Å². The summed E-state index contributed by atoms with van der Waals surface area (Å²) < 4.78 is 13.1. The third kappa shape index (κ3) is 6.17. The zero-order valence-electron chi connectivity index (χ0n) is 22.7. The number of nitrogens with zero attached hydrogens (tertiary/aromatic N) is 4. The van der Waals surface area contributed by atoms with Gasteiger partial charge in [0.2, 0.25) is 0 Å². The molecule has 1 aliphatic rings. The number of benzene rings is 2. The van der Waals surface area contributed by atoms with E-state index >= 15 is 0 Å². The molecule has 2 aromatic heterocycles. The van der Waals surface area contributed by atoms with Gasteiger partial charge in [0.15, 0.2) is 5.69 Å². The number of rotatable bonds is 6. The average molecular weight is 525 g/mol. The maximum atomic E-state index is 13.4. The predicted octanol–water partition coefficient (Wildman–Crippen LogP) is 5.44. The number of carbonyl (C=O) groups excluding carboxylic acids is 2. The minimum Gasteiger partial charge on any atom is -0.455 e. The van der Waals surface area contributed by atoms with E-state index in [0.717, 1.165) is 28.7 Å². The first-order valence-electron chi connectivity index (χ1n) is 13.0. The number of anilines is 1. The fourth-order valence-corrected chi connectivity index (χ4v) is 4.70. The topological polar surface area (TPSA) is 86.6 Å². The van der Waals surface area contributed by atoms with E-state index < -0.39 is 11.6 Å². The Labute approximate surface area is 228 Å². The van der Waals surface area contributed by atoms with Gasteiger partial charge in [-0.3, -0.25) is 9.48 Å². The smallest absolute Gasteiger partial charge is 0.358 e. The first-order valence-corrected chi connectivity index (χ1v) is 13.0. The molecular weight excluding hydrogens is 492 g/mol. The Bertz CT molecular complexity index is 1500. The monoisotopic (exact) mass is 524 g/mol. The Kier molecular flexibility index (Phi) is 7.19. The average Bonchev–Trinajstić information content (AvgIpc) is 3.36. The molecule has 200 valence electrons. The molecule has 0 saturated carbocycles. The number of aromatic nitrogens is 3. The quantitative estimate of drug-likeness (QED) is 0.245. The second kappa shape index (κ2) is 10.7. The maximum Gasteiger partial charge on any atom is 0.358 e. The number of fused-ring (bicyclic) bond motifs is 1. The second-order valence-electron chi connectivity index (χ2n) is 10.6. The highest BCUT2D eigenvalue weighted by molar-refractivity contribution is 5.96. The molecule has 0 aliphatic carbocycles. The van der Waals surface area contributed by atoms with Crippen molar-refractivity contribution >= 4 is 17.8 Å². The Hall–Kier alpha value is -4.46. The van der Waals surface area contributed by atoms with Gasteiger partial charge in [-0.1, -0.05) is 42.5 Å². The lowest BCUT2D eigenvalue weighted by atomic mass is 9.98. The first kappa shape index (κ1) is 26.2. The standard InChI is InChI=1S/C31H32N4O4/c1-21(36)38-27-12-8-11-23-15-16-34(20-26(23)27)28-14-13-25(29(33-28)30(37)39-31(2,3)4)24-17-32-35(19-24)18-22-9-6-5-7-10-22/h5-14,17,19H,15-16,18,20H2,1-4H3. The number of esters is 2. The Morgan fingerprint density at radius 3 is 2.54 bits per heavy atom. The fraction of sp³-hybridized carbons (Fsp3) is 0.290. The highest BCUT2D eigenvalue weighted by Gasteiger charge is 2.26. The van der Waals surface area contributed by atoms with Crippen molar-refractivity contribution in [2.24, 2.45) is 0 Å². The van der Waals surface area contributed by atoms with Gasteiger partial charge < -0.3 is 14.4 Å². The summed E-state index contributed by atoms with van der Waals surface area (Å²) in [5.74, 6) is 0.357. The van der Waals surface area contributed by atoms with Crippen LogP contribution in [0, 0.1) is 0 Å². The van der Waals surface area contributed by atoms with Crippen molar-refractivity contribution in [3.63, 3.8) is 0 Å². The Morgan fingerprint density at radius 1 is 1.00 bits per heavy atom. The van der Waals surface area contributed by atoms with Crippen molar-refractivity contribution in [3.05, 3.63) is 95.4 Å². The van der Waals surface area contributed by atoms with Crippen LogP contribution in [0.5, 0.6) is 5.75 Å². The largest absolute Gasteiger partial charge is 0.455 e. The molecule has 8 heteroatoms. The van der Waals surface area contributed by atoms with Crippen molar-refractivity contribution < 1.29 is 19.1 Å². The van der Waals surface area contributed by atoms with Gasteiger partial charge in [-0.15, -0.1) is 0 Å². The number of ether oxygens (including phenoxy) is 2. The molecule has 3 heterocycles. The molecule has 2 aromatic carbocycles. The number of hydrogen-bond acceptors (Lipinski definition) is 7. The maximum absolute atomic E-state index is 13.4. The van der Waals surface area contributed by atoms with Crippen LogP contribution in [-0.4, -0.2) is 38.8 Å². The molecule has 4 aromatic rings. The van der Waals surface area contributed by atoms with Crippen LogP contribution in [0.15, 0.2) is 73.1 Å². The summed E-state index contributed by atoms with van der Waals surface area (Å²) in [6.45, 7) is 8.75. The van der Waals surface area contributed by atoms with E-state index in [1.54, 1.807) is 12.3 Å². The van der Waals surface area contributed by atoms with Crippen LogP contribution in [-0.2, 0) is 29.0 Å². The van der Waals surface area contributed by atoms with Crippen LogP contribution in [0.4, 0.5) is 5.82 Å². The zero-order valence-corrected chi connectivity index (χ0v) is 22.7. The summed E-state index contributed by atoms with van der Waals surface area (Å²) in [6, 6.07) is 19.6. The van der Waals surface area contributed by atoms with Gasteiger partial charge in [0.05, 0.1) is 12.7 Å². The molecule has 8 nitrogen and oxygen atoms in total. The third-order valence-electron chi connectivity index (χ3n) is 6.41. The second-order valence-corrected chi connectivity index (χ2v) is 10.6. The summed E-state index contributed by atoms with van der Waals surface area (Å²) in [4.78, 5) is 31.9. The predicted molar refractivity (Wildman–Crippen MR) is 149 cm³/mol. The van der Waals surface area contributed by atoms with Crippen LogP contribution in [0.2, 0.25) is 0 Å². The van der Waals surface area contributed by atoms with Gasteiger partial charge in [-0.25, -0.2) is 9.78 Å². The highest BCUT2D eigenvalue weighted by Crippen LogP contribution is 2.32. The summed E-state index contributed by atoms with van der Waals surface area (Å²) in [6.07, 6.45) is 4.43. The molecule has 0 radical (unpaired) electrons. The minimum atomic E-state index is -0.674. The lowest BCUT2D eigenvalue weighted by Gasteiger charge is -2.31. The van der Waals surface area contributed by atoms with Crippen molar-refractivity contribution in [1.82, 2.24) is 14.8 Å². The van der Waals surface area contributed by atoms with Gasteiger partial charge in [-0.2, -0.15) is 5.10 Å². The van der Waals surface area contributed by atoms with E-state index in [4.69, 9.17) is 14.5 Å². The SMILES string of the molecule is CC(=O)Oc1cccc2c1CN(c1ccc(-c3cnn(Cc4ccccc4)c3)c(C(=O)OC(C)(C)C)n1)CC2. The molecule has 0 unspecified atom stereocenters. The van der Waals surface area contributed by atoms with E-state index in [0.29, 0.717) is 36.8 Å². The molecule has 0 atom stereocenters. The molecular formula is C31H32N4O4. The third-order valence-corrected chi connectivity index (χ3v) is 6.41. The van der Waals surface area contributed by atoms with Crippen LogP contribution < -0.4 is 9.64 Å². The molecule has 39 heavy (non-hydrogen) atoms. The van der Waals surface area contributed by atoms with Crippen LogP contribution >= 0.6 is 0 Å². The van der Waals surface area contributed by atoms with Crippen molar-refractivity contribution in [1.29, 1.82) is 0 Å². The lowest BCUT2D eigenvalue weighted by molar-refractivity contribution is -0.131. The van der Waals surface area contributed by atoms with Gasteiger partial charge in [0.1, 0.15) is 17.2 Å². The highest BCUT2D eigenvalue weighted by atomic mass is 16.6. The molecule has 0 saturated heterocycles. The van der Waals surface area contributed by atoms with E-state index in [2.05, 4.69) is 16.1 Å². The first-order chi connectivity index (χ1) is 18.7. The molecule has 0 fully saturated rings. The summed E-state index contributed by atoms with van der Waals surface area (Å²) in [5.41, 5.74) is 4.22. The fourth-order valence-electron chi connectivity index (χ4n) is 4.70. The molecule has 0 amide bonds. The van der Waals surface area contributed by atoms with Crippen LogP contribution in [0.3, 0.4) is 0 Å². The van der Waals surface area contributed by atoms with Crippen molar-refractivity contribution in [2.45, 2.75) is 52.8 Å². The summed E-state index contributed by atoms with van der Waals surface area (Å²) in [5, 5.41) is 4.52. The number of carbonyl (C=O) groups is 2. The van der Waals surface area contributed by atoms with E-state index in [1.165, 1.54) is 6.92 Å². The number of pyridine rings is 1.